The molecule has 0 aliphatic carbocycles. The lowest BCUT2D eigenvalue weighted by Gasteiger charge is -2.35. The van der Waals surface area contributed by atoms with E-state index in [1.54, 1.807) is 14.2 Å². The van der Waals surface area contributed by atoms with Gasteiger partial charge in [-0.05, 0) is 55.2 Å². The van der Waals surface area contributed by atoms with Crippen molar-refractivity contribution in [3.63, 3.8) is 0 Å². The molecular formula is C25H27N3O5S. The molecule has 178 valence electrons. The summed E-state index contributed by atoms with van der Waals surface area (Å²) in [4.78, 5) is 31.9. The third-order valence-electron chi connectivity index (χ3n) is 6.06. The van der Waals surface area contributed by atoms with Gasteiger partial charge in [0.25, 0.3) is 5.56 Å². The molecule has 0 fully saturated rings. The maximum absolute atomic E-state index is 13.2. The van der Waals surface area contributed by atoms with Crippen LogP contribution >= 0.6 is 11.8 Å². The number of methoxy groups -OCH3 is 2. The summed E-state index contributed by atoms with van der Waals surface area (Å²) in [5.74, 6) is 0.934. The average molecular weight is 482 g/mol. The minimum atomic E-state index is -0.405. The number of para-hydroxylation sites is 1. The second-order valence-electron chi connectivity index (χ2n) is 8.06. The maximum Gasteiger partial charge on any atom is 0.262 e. The highest BCUT2D eigenvalue weighted by Gasteiger charge is 2.29. The van der Waals surface area contributed by atoms with Crippen LogP contribution < -0.4 is 15.0 Å². The van der Waals surface area contributed by atoms with Crippen LogP contribution in [0.3, 0.4) is 0 Å². The van der Waals surface area contributed by atoms with E-state index >= 15 is 0 Å². The predicted octanol–water partition coefficient (Wildman–Crippen LogP) is 3.50. The minimum absolute atomic E-state index is 0.0770. The van der Waals surface area contributed by atoms with Crippen LogP contribution in [0.25, 0.3) is 5.69 Å². The highest BCUT2D eigenvalue weighted by Crippen LogP contribution is 2.38. The second kappa shape index (κ2) is 9.80. The summed E-state index contributed by atoms with van der Waals surface area (Å²) < 4.78 is 12.3. The molecule has 1 aliphatic heterocycles. The van der Waals surface area contributed by atoms with E-state index in [0.29, 0.717) is 30.2 Å². The maximum atomic E-state index is 13.2. The summed E-state index contributed by atoms with van der Waals surface area (Å²) in [7, 11) is 3.20. The van der Waals surface area contributed by atoms with Gasteiger partial charge in [0.05, 0.1) is 37.8 Å². The molecule has 0 bridgehead atoms. The SMILES string of the molecule is COc1cc2c(cc1OC)[C@H](C)N(C(=O)CSc1nc(O)cc(=O)n1-c1ccccc1C)CC2. The number of ether oxygens (including phenoxy) is 2. The van der Waals surface area contributed by atoms with E-state index < -0.39 is 5.56 Å². The molecule has 3 aromatic rings. The number of rotatable bonds is 6. The van der Waals surface area contributed by atoms with Crippen molar-refractivity contribution >= 4 is 17.7 Å². The third kappa shape index (κ3) is 4.48. The average Bonchev–Trinajstić information content (AvgIpc) is 2.82. The van der Waals surface area contributed by atoms with Crippen molar-refractivity contribution < 1.29 is 19.4 Å². The fraction of sp³-hybridized carbons (Fsp3) is 0.320. The molecule has 4 rings (SSSR count). The van der Waals surface area contributed by atoms with Crippen molar-refractivity contribution in [3.8, 4) is 23.1 Å². The number of thioether (sulfide) groups is 1. The molecule has 1 N–H and O–H groups in total. The molecule has 8 nitrogen and oxygen atoms in total. The number of hydrogen-bond acceptors (Lipinski definition) is 7. The van der Waals surface area contributed by atoms with Crippen LogP contribution in [0.5, 0.6) is 17.4 Å². The van der Waals surface area contributed by atoms with Crippen LogP contribution in [0, 0.1) is 6.92 Å². The summed E-state index contributed by atoms with van der Waals surface area (Å²) in [6, 6.07) is 12.2. The van der Waals surface area contributed by atoms with Crippen molar-refractivity contribution in [2.75, 3.05) is 26.5 Å². The van der Waals surface area contributed by atoms with Gasteiger partial charge in [-0.15, -0.1) is 0 Å². The fourth-order valence-corrected chi connectivity index (χ4v) is 5.17. The Morgan fingerprint density at radius 3 is 2.59 bits per heavy atom. The lowest BCUT2D eigenvalue weighted by molar-refractivity contribution is -0.130. The van der Waals surface area contributed by atoms with Gasteiger partial charge < -0.3 is 19.5 Å². The second-order valence-corrected chi connectivity index (χ2v) is 9.01. The third-order valence-corrected chi connectivity index (χ3v) is 6.98. The first-order valence-electron chi connectivity index (χ1n) is 10.9. The van der Waals surface area contributed by atoms with Gasteiger partial charge in [-0.25, -0.2) is 0 Å². The first-order chi connectivity index (χ1) is 16.3. The van der Waals surface area contributed by atoms with E-state index in [2.05, 4.69) is 4.98 Å². The Morgan fingerprint density at radius 2 is 1.88 bits per heavy atom. The number of nitrogens with zero attached hydrogens (tertiary/aromatic N) is 3. The molecule has 2 aromatic carbocycles. The van der Waals surface area contributed by atoms with E-state index in [4.69, 9.17) is 9.47 Å². The summed E-state index contributed by atoms with van der Waals surface area (Å²) in [5.41, 5.74) is 3.30. The predicted molar refractivity (Wildman–Crippen MR) is 130 cm³/mol. The molecule has 34 heavy (non-hydrogen) atoms. The van der Waals surface area contributed by atoms with Gasteiger partial charge in [0.1, 0.15) is 0 Å². The highest BCUT2D eigenvalue weighted by molar-refractivity contribution is 7.99. The Morgan fingerprint density at radius 1 is 1.18 bits per heavy atom. The lowest BCUT2D eigenvalue weighted by Crippen LogP contribution is -2.40. The van der Waals surface area contributed by atoms with Crippen LogP contribution in [0.2, 0.25) is 0 Å². The molecule has 1 amide bonds. The zero-order chi connectivity index (χ0) is 24.4. The number of carbonyl (C=O) groups excluding carboxylic acids is 1. The zero-order valence-electron chi connectivity index (χ0n) is 19.6. The largest absolute Gasteiger partial charge is 0.493 e. The summed E-state index contributed by atoms with van der Waals surface area (Å²) in [6.07, 6.45) is 0.703. The van der Waals surface area contributed by atoms with Crippen molar-refractivity contribution in [3.05, 3.63) is 69.5 Å². The van der Waals surface area contributed by atoms with Gasteiger partial charge in [0.2, 0.25) is 11.8 Å². The van der Waals surface area contributed by atoms with Crippen LogP contribution in [0.15, 0.2) is 52.4 Å². The van der Waals surface area contributed by atoms with Gasteiger partial charge in [-0.3, -0.25) is 14.2 Å². The van der Waals surface area contributed by atoms with E-state index in [1.807, 2.05) is 55.1 Å². The molecule has 2 heterocycles. The summed E-state index contributed by atoms with van der Waals surface area (Å²) >= 11 is 1.13. The standard InChI is InChI=1S/C25H27N3O5S/c1-15-7-5-6-8-19(15)28-23(30)13-22(29)26-25(28)34-14-24(31)27-10-9-17-11-20(32-3)21(33-4)12-18(17)16(27)2/h5-8,11-13,16,29H,9-10,14H2,1-4H3/t16-/m0/s1. The first-order valence-corrected chi connectivity index (χ1v) is 11.9. The Balaban J connectivity index is 1.58. The molecule has 0 unspecified atom stereocenters. The van der Waals surface area contributed by atoms with E-state index in [-0.39, 0.29) is 28.7 Å². The number of fused-ring (bicyclic) bond motifs is 1. The number of aryl methyl sites for hydroxylation is 1. The van der Waals surface area contributed by atoms with Crippen molar-refractivity contribution in [2.24, 2.45) is 0 Å². The zero-order valence-corrected chi connectivity index (χ0v) is 20.4. The number of carbonyl (C=O) groups is 1. The number of aromatic hydroxyl groups is 1. The van der Waals surface area contributed by atoms with Crippen LogP contribution in [0.1, 0.15) is 29.7 Å². The number of aromatic nitrogens is 2. The fourth-order valence-electron chi connectivity index (χ4n) is 4.28. The Hall–Kier alpha value is -3.46. The topological polar surface area (TPSA) is 93.9 Å². The summed E-state index contributed by atoms with van der Waals surface area (Å²) in [6.45, 7) is 4.45. The van der Waals surface area contributed by atoms with E-state index in [1.165, 1.54) is 4.57 Å². The highest BCUT2D eigenvalue weighted by atomic mass is 32.2. The number of benzene rings is 2. The number of hydrogen-bond donors (Lipinski definition) is 1. The van der Waals surface area contributed by atoms with Crippen molar-refractivity contribution in [1.82, 2.24) is 14.5 Å². The van der Waals surface area contributed by atoms with Crippen LogP contribution in [-0.4, -0.2) is 52.0 Å². The monoisotopic (exact) mass is 481 g/mol. The van der Waals surface area contributed by atoms with Crippen LogP contribution in [0.4, 0.5) is 0 Å². The molecule has 0 saturated carbocycles. The summed E-state index contributed by atoms with van der Waals surface area (Å²) in [5, 5.41) is 10.2. The molecule has 0 radical (unpaired) electrons. The molecule has 0 spiro atoms. The molecule has 1 aliphatic rings. The molecule has 1 atom stereocenters. The van der Waals surface area contributed by atoms with E-state index in [9.17, 15) is 14.7 Å². The Bertz CT molecular complexity index is 1290. The number of amides is 1. The van der Waals surface area contributed by atoms with Gasteiger partial charge in [-0.1, -0.05) is 30.0 Å². The normalized spacial score (nSPS) is 15.1. The van der Waals surface area contributed by atoms with E-state index in [0.717, 1.165) is 34.5 Å². The lowest BCUT2D eigenvalue weighted by atomic mass is 9.93. The minimum Gasteiger partial charge on any atom is -0.493 e. The Kier molecular flexibility index (Phi) is 6.83. The van der Waals surface area contributed by atoms with Gasteiger partial charge >= 0.3 is 0 Å². The Labute approximate surface area is 202 Å². The molecule has 9 heteroatoms. The molecular weight excluding hydrogens is 454 g/mol. The quantitative estimate of drug-likeness (QED) is 0.425. The van der Waals surface area contributed by atoms with Gasteiger partial charge in [0.15, 0.2) is 16.7 Å². The smallest absolute Gasteiger partial charge is 0.262 e. The van der Waals surface area contributed by atoms with Crippen molar-refractivity contribution in [1.29, 1.82) is 0 Å². The first kappa shape index (κ1) is 23.7. The van der Waals surface area contributed by atoms with Gasteiger partial charge in [0, 0.05) is 6.54 Å². The van der Waals surface area contributed by atoms with Crippen LogP contribution in [-0.2, 0) is 11.2 Å². The molecule has 0 saturated heterocycles. The van der Waals surface area contributed by atoms with Crippen molar-refractivity contribution in [2.45, 2.75) is 31.5 Å². The molecule has 1 aromatic heterocycles. The van der Waals surface area contributed by atoms with Gasteiger partial charge in [-0.2, -0.15) is 4.98 Å².